The summed E-state index contributed by atoms with van der Waals surface area (Å²) < 4.78 is 4.99. The third-order valence-corrected chi connectivity index (χ3v) is 1.92. The van der Waals surface area contributed by atoms with Crippen LogP contribution in [-0.2, 0) is 0 Å². The van der Waals surface area contributed by atoms with Crippen LogP contribution in [0.5, 0.6) is 0 Å². The van der Waals surface area contributed by atoms with Crippen LogP contribution in [0.25, 0.3) is 0 Å². The number of alkyl halides is 1. The first-order valence-corrected chi connectivity index (χ1v) is 4.71. The average molecular weight is 202 g/mol. The SMILES string of the molecule is CCN(CCCl)C(=O)c1ccco1. The van der Waals surface area contributed by atoms with Gasteiger partial charge in [-0.05, 0) is 19.1 Å². The highest BCUT2D eigenvalue weighted by Crippen LogP contribution is 2.05. The fourth-order valence-corrected chi connectivity index (χ4v) is 1.27. The molecule has 0 N–H and O–H groups in total. The standard InChI is InChI=1S/C9H12ClNO2/c1-2-11(6-5-10)9(12)8-4-3-7-13-8/h3-4,7H,2,5-6H2,1H3. The van der Waals surface area contributed by atoms with Gasteiger partial charge in [0.05, 0.1) is 6.26 Å². The van der Waals surface area contributed by atoms with Crippen LogP contribution in [0, 0.1) is 0 Å². The Morgan fingerprint density at radius 2 is 2.46 bits per heavy atom. The predicted octanol–water partition coefficient (Wildman–Crippen LogP) is 1.98. The van der Waals surface area contributed by atoms with E-state index in [1.165, 1.54) is 6.26 Å². The number of hydrogen-bond acceptors (Lipinski definition) is 2. The summed E-state index contributed by atoms with van der Waals surface area (Å²) in [6, 6.07) is 3.35. The van der Waals surface area contributed by atoms with Crippen molar-refractivity contribution >= 4 is 17.5 Å². The van der Waals surface area contributed by atoms with Gasteiger partial charge >= 0.3 is 0 Å². The van der Waals surface area contributed by atoms with Gasteiger partial charge in [0, 0.05) is 19.0 Å². The molecule has 0 aliphatic heterocycles. The maximum absolute atomic E-state index is 11.6. The zero-order valence-corrected chi connectivity index (χ0v) is 8.25. The molecule has 3 nitrogen and oxygen atoms in total. The topological polar surface area (TPSA) is 33.5 Å². The molecule has 0 aliphatic rings. The van der Waals surface area contributed by atoms with E-state index in [1.807, 2.05) is 6.92 Å². The fourth-order valence-electron chi connectivity index (χ4n) is 1.06. The van der Waals surface area contributed by atoms with Crippen molar-refractivity contribution in [2.75, 3.05) is 19.0 Å². The molecule has 72 valence electrons. The summed E-state index contributed by atoms with van der Waals surface area (Å²) in [7, 11) is 0. The Morgan fingerprint density at radius 1 is 1.69 bits per heavy atom. The van der Waals surface area contributed by atoms with Gasteiger partial charge < -0.3 is 9.32 Å². The first-order valence-electron chi connectivity index (χ1n) is 4.18. The summed E-state index contributed by atoms with van der Waals surface area (Å²) in [5.41, 5.74) is 0. The predicted molar refractivity (Wildman–Crippen MR) is 51.0 cm³/mol. The van der Waals surface area contributed by atoms with Gasteiger partial charge in [-0.25, -0.2) is 0 Å². The van der Waals surface area contributed by atoms with Crippen LogP contribution in [0.4, 0.5) is 0 Å². The van der Waals surface area contributed by atoms with Crippen LogP contribution in [0.1, 0.15) is 17.5 Å². The van der Waals surface area contributed by atoms with Crippen LogP contribution in [0.2, 0.25) is 0 Å². The van der Waals surface area contributed by atoms with Crippen molar-refractivity contribution in [1.29, 1.82) is 0 Å². The molecule has 0 spiro atoms. The minimum absolute atomic E-state index is 0.104. The number of carbonyl (C=O) groups is 1. The largest absolute Gasteiger partial charge is 0.459 e. The van der Waals surface area contributed by atoms with Crippen molar-refractivity contribution in [3.05, 3.63) is 24.2 Å². The minimum atomic E-state index is -0.104. The zero-order valence-electron chi connectivity index (χ0n) is 7.50. The molecule has 0 unspecified atom stereocenters. The van der Waals surface area contributed by atoms with Crippen LogP contribution in [0.15, 0.2) is 22.8 Å². The molecule has 1 heterocycles. The first-order chi connectivity index (χ1) is 6.29. The lowest BCUT2D eigenvalue weighted by Crippen LogP contribution is -2.32. The smallest absolute Gasteiger partial charge is 0.289 e. The van der Waals surface area contributed by atoms with Crippen molar-refractivity contribution in [3.63, 3.8) is 0 Å². The second kappa shape index (κ2) is 4.92. The van der Waals surface area contributed by atoms with Gasteiger partial charge in [-0.15, -0.1) is 11.6 Å². The Balaban J connectivity index is 2.65. The maximum atomic E-state index is 11.6. The van der Waals surface area contributed by atoms with Crippen LogP contribution in [0.3, 0.4) is 0 Å². The normalized spacial score (nSPS) is 10.0. The van der Waals surface area contributed by atoms with Gasteiger partial charge in [-0.2, -0.15) is 0 Å². The van der Waals surface area contributed by atoms with Crippen molar-refractivity contribution in [3.8, 4) is 0 Å². The van der Waals surface area contributed by atoms with Gasteiger partial charge in [0.25, 0.3) is 5.91 Å². The Labute approximate surface area is 82.3 Å². The highest BCUT2D eigenvalue weighted by atomic mass is 35.5. The van der Waals surface area contributed by atoms with Gasteiger partial charge in [-0.1, -0.05) is 0 Å². The molecule has 0 saturated heterocycles. The molecule has 0 radical (unpaired) electrons. The summed E-state index contributed by atoms with van der Waals surface area (Å²) >= 11 is 5.56. The van der Waals surface area contributed by atoms with Crippen molar-refractivity contribution in [1.82, 2.24) is 4.90 Å². The minimum Gasteiger partial charge on any atom is -0.459 e. The van der Waals surface area contributed by atoms with Crippen LogP contribution in [-0.4, -0.2) is 29.8 Å². The van der Waals surface area contributed by atoms with Gasteiger partial charge in [0.2, 0.25) is 0 Å². The lowest BCUT2D eigenvalue weighted by Gasteiger charge is -2.17. The summed E-state index contributed by atoms with van der Waals surface area (Å²) in [4.78, 5) is 13.2. The molecule has 1 rings (SSSR count). The van der Waals surface area contributed by atoms with Crippen LogP contribution < -0.4 is 0 Å². The number of halogens is 1. The molecule has 1 aromatic heterocycles. The van der Waals surface area contributed by atoms with E-state index in [4.69, 9.17) is 16.0 Å². The molecule has 0 bridgehead atoms. The Bertz CT molecular complexity index is 259. The molecule has 4 heteroatoms. The molecule has 0 aromatic carbocycles. The van der Waals surface area contributed by atoms with Crippen molar-refractivity contribution < 1.29 is 9.21 Å². The molecular formula is C9H12ClNO2. The van der Waals surface area contributed by atoms with E-state index in [-0.39, 0.29) is 5.91 Å². The first kappa shape index (κ1) is 10.1. The van der Waals surface area contributed by atoms with E-state index in [0.29, 0.717) is 24.7 Å². The number of hydrogen-bond donors (Lipinski definition) is 0. The number of carbonyl (C=O) groups excluding carboxylic acids is 1. The highest BCUT2D eigenvalue weighted by molar-refractivity contribution is 6.18. The van der Waals surface area contributed by atoms with Gasteiger partial charge in [-0.3, -0.25) is 4.79 Å². The molecule has 13 heavy (non-hydrogen) atoms. The van der Waals surface area contributed by atoms with E-state index < -0.39 is 0 Å². The van der Waals surface area contributed by atoms with Crippen molar-refractivity contribution in [2.45, 2.75) is 6.92 Å². The molecular weight excluding hydrogens is 190 g/mol. The van der Waals surface area contributed by atoms with E-state index >= 15 is 0 Å². The molecule has 0 fully saturated rings. The number of nitrogens with zero attached hydrogens (tertiary/aromatic N) is 1. The summed E-state index contributed by atoms with van der Waals surface area (Å²) in [5.74, 6) is 0.709. The maximum Gasteiger partial charge on any atom is 0.289 e. The second-order valence-corrected chi connectivity index (χ2v) is 2.93. The van der Waals surface area contributed by atoms with Crippen LogP contribution >= 0.6 is 11.6 Å². The zero-order chi connectivity index (χ0) is 9.68. The molecule has 0 atom stereocenters. The number of furan rings is 1. The average Bonchev–Trinajstić information content (AvgIpc) is 2.65. The quantitative estimate of drug-likeness (QED) is 0.698. The van der Waals surface area contributed by atoms with Crippen molar-refractivity contribution in [2.24, 2.45) is 0 Å². The van der Waals surface area contributed by atoms with E-state index in [9.17, 15) is 4.79 Å². The lowest BCUT2D eigenvalue weighted by molar-refractivity contribution is 0.0742. The summed E-state index contributed by atoms with van der Waals surface area (Å²) in [6.07, 6.45) is 1.49. The number of amides is 1. The van der Waals surface area contributed by atoms with E-state index in [1.54, 1.807) is 17.0 Å². The second-order valence-electron chi connectivity index (χ2n) is 2.55. The van der Waals surface area contributed by atoms with Gasteiger partial charge in [0.15, 0.2) is 5.76 Å². The summed E-state index contributed by atoms with van der Waals surface area (Å²) in [6.45, 7) is 3.11. The monoisotopic (exact) mass is 201 g/mol. The molecule has 0 aliphatic carbocycles. The third-order valence-electron chi connectivity index (χ3n) is 1.76. The Hall–Kier alpha value is -0.960. The van der Waals surface area contributed by atoms with Gasteiger partial charge in [0.1, 0.15) is 0 Å². The number of rotatable bonds is 4. The molecule has 1 amide bonds. The molecule has 1 aromatic rings. The third kappa shape index (κ3) is 2.49. The lowest BCUT2D eigenvalue weighted by atomic mass is 10.4. The molecule has 0 saturated carbocycles. The Kier molecular flexibility index (Phi) is 3.83. The summed E-state index contributed by atoms with van der Waals surface area (Å²) in [5, 5.41) is 0. The fraction of sp³-hybridized carbons (Fsp3) is 0.444. The van der Waals surface area contributed by atoms with E-state index in [2.05, 4.69) is 0 Å². The highest BCUT2D eigenvalue weighted by Gasteiger charge is 2.15. The Morgan fingerprint density at radius 3 is 2.92 bits per heavy atom. The van der Waals surface area contributed by atoms with E-state index in [0.717, 1.165) is 0 Å².